The summed E-state index contributed by atoms with van der Waals surface area (Å²) in [6, 6.07) is 19.0. The SMILES string of the molecule is C[C@@H](c1ccc[cH-]1)N(C)C.O=C(O)[C@H](O)[C@@H](O)C(=O)O.[Fe+2].c1cc[cH-]c1. The molecule has 0 bridgehead atoms. The molecule has 8 heteroatoms. The number of hydrogen-bond acceptors (Lipinski definition) is 5. The smallest absolute Gasteiger partial charge is 0.479 e. The molecule has 0 spiro atoms. The van der Waals surface area contributed by atoms with Crippen LogP contribution in [0.1, 0.15) is 18.5 Å². The van der Waals surface area contributed by atoms with Crippen LogP contribution in [-0.4, -0.2) is 63.6 Å². The number of aliphatic hydroxyl groups excluding tert-OH is 2. The fraction of sp³-hybridized carbons (Fsp3) is 0.333. The van der Waals surface area contributed by atoms with Gasteiger partial charge in [0.2, 0.25) is 0 Å². The van der Waals surface area contributed by atoms with Gasteiger partial charge in [-0.3, -0.25) is 0 Å². The molecule has 0 aliphatic heterocycles. The molecule has 0 unspecified atom stereocenters. The maximum atomic E-state index is 9.77. The molecule has 0 saturated carbocycles. The van der Waals surface area contributed by atoms with E-state index in [1.165, 1.54) is 5.56 Å². The molecule has 0 amide bonds. The van der Waals surface area contributed by atoms with Crippen LogP contribution in [0.3, 0.4) is 0 Å². The van der Waals surface area contributed by atoms with Crippen molar-refractivity contribution in [2.45, 2.75) is 25.2 Å². The maximum absolute atomic E-state index is 9.77. The van der Waals surface area contributed by atoms with Crippen molar-refractivity contribution < 1.29 is 47.1 Å². The predicted molar refractivity (Wildman–Crippen MR) is 93.5 cm³/mol. The number of aliphatic carboxylic acids is 2. The van der Waals surface area contributed by atoms with Gasteiger partial charge in [0.05, 0.1) is 0 Å². The van der Waals surface area contributed by atoms with E-state index in [1.54, 1.807) is 0 Å². The van der Waals surface area contributed by atoms with Crippen molar-refractivity contribution in [1.29, 1.82) is 0 Å². The van der Waals surface area contributed by atoms with Crippen molar-refractivity contribution in [2.24, 2.45) is 0 Å². The minimum Gasteiger partial charge on any atom is -0.479 e. The van der Waals surface area contributed by atoms with E-state index in [0.29, 0.717) is 6.04 Å². The minimum absolute atomic E-state index is 0. The van der Waals surface area contributed by atoms with Crippen LogP contribution in [0.5, 0.6) is 0 Å². The van der Waals surface area contributed by atoms with E-state index in [1.807, 2.05) is 30.3 Å². The second-order valence-corrected chi connectivity index (χ2v) is 5.39. The zero-order chi connectivity index (χ0) is 19.4. The van der Waals surface area contributed by atoms with Gasteiger partial charge in [0.15, 0.2) is 12.2 Å². The van der Waals surface area contributed by atoms with E-state index in [-0.39, 0.29) is 17.1 Å². The molecule has 0 aromatic heterocycles. The van der Waals surface area contributed by atoms with Crippen LogP contribution < -0.4 is 0 Å². The van der Waals surface area contributed by atoms with Crippen LogP contribution in [0, 0.1) is 0 Å². The fourth-order valence-corrected chi connectivity index (χ4v) is 1.56. The van der Waals surface area contributed by atoms with E-state index in [9.17, 15) is 9.59 Å². The predicted octanol–water partition coefficient (Wildman–Crippen LogP) is 1.31. The van der Waals surface area contributed by atoms with Gasteiger partial charge in [0, 0.05) is 6.04 Å². The van der Waals surface area contributed by atoms with Gasteiger partial charge in [-0.25, -0.2) is 33.9 Å². The van der Waals surface area contributed by atoms with Crippen LogP contribution in [0.4, 0.5) is 0 Å². The number of hydrogen-bond donors (Lipinski definition) is 4. The van der Waals surface area contributed by atoms with E-state index in [2.05, 4.69) is 50.2 Å². The van der Waals surface area contributed by atoms with Gasteiger partial charge in [0.1, 0.15) is 0 Å². The molecule has 0 aliphatic rings. The number of nitrogens with zero attached hydrogens (tertiary/aromatic N) is 1. The monoisotopic (exact) mass is 407 g/mol. The van der Waals surface area contributed by atoms with Crippen molar-refractivity contribution in [2.75, 3.05) is 14.1 Å². The normalized spacial score (nSPS) is 13.0. The van der Waals surface area contributed by atoms with E-state index in [0.717, 1.165) is 0 Å². The number of aliphatic hydroxyl groups is 2. The zero-order valence-corrected chi connectivity index (χ0v) is 15.9. The van der Waals surface area contributed by atoms with E-state index in [4.69, 9.17) is 20.4 Å². The summed E-state index contributed by atoms with van der Waals surface area (Å²) < 4.78 is 0. The Kier molecular flexibility index (Phi) is 14.4. The molecular weight excluding hydrogens is 382 g/mol. The van der Waals surface area contributed by atoms with Gasteiger partial charge >= 0.3 is 29.0 Å². The third kappa shape index (κ3) is 10.8. The Morgan fingerprint density at radius 2 is 1.42 bits per heavy atom. The molecule has 0 radical (unpaired) electrons. The minimum atomic E-state index is -2.27. The third-order valence-electron chi connectivity index (χ3n) is 3.31. The Bertz CT molecular complexity index is 548. The van der Waals surface area contributed by atoms with Crippen LogP contribution >= 0.6 is 0 Å². The molecule has 2 rings (SSSR count). The number of carboxylic acid groups (broad SMARTS) is 2. The molecular formula is C18H25FeNO6. The number of carbonyl (C=O) groups is 2. The summed E-state index contributed by atoms with van der Waals surface area (Å²) in [4.78, 5) is 21.7. The van der Waals surface area contributed by atoms with Crippen molar-refractivity contribution >= 4 is 11.9 Å². The van der Waals surface area contributed by atoms with Gasteiger partial charge in [-0.1, -0.05) is 0 Å². The van der Waals surface area contributed by atoms with Gasteiger partial charge < -0.3 is 25.3 Å². The first kappa shape index (κ1) is 26.3. The average molecular weight is 407 g/mol. The van der Waals surface area contributed by atoms with E-state index >= 15 is 0 Å². The van der Waals surface area contributed by atoms with Gasteiger partial charge in [-0.15, -0.1) is 0 Å². The Hall–Kier alpha value is -1.96. The molecule has 0 aliphatic carbocycles. The Morgan fingerprint density at radius 3 is 1.65 bits per heavy atom. The van der Waals surface area contributed by atoms with Gasteiger partial charge in [0.25, 0.3) is 0 Å². The van der Waals surface area contributed by atoms with Crippen LogP contribution in [0.2, 0.25) is 0 Å². The summed E-state index contributed by atoms with van der Waals surface area (Å²) in [5.41, 5.74) is 1.39. The first-order chi connectivity index (χ1) is 11.7. The average Bonchev–Trinajstić information content (AvgIpc) is 3.28. The van der Waals surface area contributed by atoms with Crippen molar-refractivity contribution in [3.05, 3.63) is 60.2 Å². The van der Waals surface area contributed by atoms with Crippen molar-refractivity contribution in [3.8, 4) is 0 Å². The summed E-state index contributed by atoms with van der Waals surface area (Å²) in [7, 11) is 4.19. The Morgan fingerprint density at radius 1 is 0.962 bits per heavy atom. The standard InChI is InChI=1S/C9H14N.C5H5.C4H6O6.Fe/c1-8(10(2)3)9-6-4-5-7-9;1-2-4-5-3-1;5-1(3(7)8)2(6)4(9)10;/h4-8H,1-3H3;1-5H;1-2,5-6H,(H,7,8)(H,9,10);/q2*-1;;+2/t8-;;1-,2-;/m0.1./s1. The van der Waals surface area contributed by atoms with E-state index < -0.39 is 24.1 Å². The molecule has 0 fully saturated rings. The fourth-order valence-electron chi connectivity index (χ4n) is 1.56. The summed E-state index contributed by atoms with van der Waals surface area (Å²) in [6.45, 7) is 2.20. The van der Waals surface area contributed by atoms with Gasteiger partial charge in [-0.2, -0.15) is 35.9 Å². The summed E-state index contributed by atoms with van der Waals surface area (Å²) in [5.74, 6) is -3.54. The molecule has 0 heterocycles. The number of carboxylic acids is 2. The maximum Gasteiger partial charge on any atom is 2.00 e. The van der Waals surface area contributed by atoms with Gasteiger partial charge in [-0.05, 0) is 21.0 Å². The van der Waals surface area contributed by atoms with Crippen LogP contribution in [0.25, 0.3) is 0 Å². The third-order valence-corrected chi connectivity index (χ3v) is 3.31. The molecule has 3 atom stereocenters. The Balaban J connectivity index is 0. The molecule has 7 nitrogen and oxygen atoms in total. The summed E-state index contributed by atoms with van der Waals surface area (Å²) in [5, 5.41) is 32.5. The Labute approximate surface area is 163 Å². The summed E-state index contributed by atoms with van der Waals surface area (Å²) >= 11 is 0. The second-order valence-electron chi connectivity index (χ2n) is 5.39. The molecule has 26 heavy (non-hydrogen) atoms. The van der Waals surface area contributed by atoms with Crippen LogP contribution in [-0.2, 0) is 26.7 Å². The largest absolute Gasteiger partial charge is 2.00 e. The quantitative estimate of drug-likeness (QED) is 0.436. The first-order valence-corrected chi connectivity index (χ1v) is 7.55. The molecule has 0 saturated heterocycles. The van der Waals surface area contributed by atoms with Crippen LogP contribution in [0.15, 0.2) is 54.6 Å². The zero-order valence-electron chi connectivity index (χ0n) is 14.8. The molecule has 2 aromatic rings. The first-order valence-electron chi connectivity index (χ1n) is 7.55. The topological polar surface area (TPSA) is 118 Å². The number of rotatable bonds is 5. The van der Waals surface area contributed by atoms with Crippen molar-refractivity contribution in [1.82, 2.24) is 4.90 Å². The molecule has 4 N–H and O–H groups in total. The molecule has 2 aromatic carbocycles. The summed E-state index contributed by atoms with van der Waals surface area (Å²) in [6.07, 6.45) is -4.53. The second kappa shape index (κ2) is 14.2. The molecule has 146 valence electrons. The van der Waals surface area contributed by atoms with Crippen molar-refractivity contribution in [3.63, 3.8) is 0 Å².